The molecule has 0 saturated carbocycles. The fourth-order valence-corrected chi connectivity index (χ4v) is 2.68. The number of aromatic nitrogens is 2. The van der Waals surface area contributed by atoms with E-state index in [1.807, 2.05) is 67.5 Å². The van der Waals surface area contributed by atoms with Crippen LogP contribution in [-0.2, 0) is 0 Å². The number of hydrogen-bond donors (Lipinski definition) is 2. The molecule has 3 aromatic rings. The fraction of sp³-hybridized carbons (Fsp3) is 0.273. The molecule has 1 atom stereocenters. The number of anilines is 2. The summed E-state index contributed by atoms with van der Waals surface area (Å²) in [6, 6.07) is 16.4. The monoisotopic (exact) mass is 410 g/mol. The van der Waals surface area contributed by atoms with E-state index in [0.29, 0.717) is 29.7 Å². The van der Waals surface area contributed by atoms with Crippen molar-refractivity contribution in [2.75, 3.05) is 39.7 Å². The fourth-order valence-electron chi connectivity index (χ4n) is 2.68. The zero-order valence-corrected chi connectivity index (χ0v) is 17.3. The number of benzene rings is 2. The normalized spacial score (nSPS) is 11.8. The first-order chi connectivity index (χ1) is 14.5. The van der Waals surface area contributed by atoms with E-state index in [0.717, 1.165) is 11.4 Å². The Bertz CT molecular complexity index is 917. The van der Waals surface area contributed by atoms with Gasteiger partial charge in [-0.05, 0) is 62.6 Å². The molecule has 2 N–H and O–H groups in total. The highest BCUT2D eigenvalue weighted by Crippen LogP contribution is 2.25. The first-order valence-electron chi connectivity index (χ1n) is 9.48. The standard InChI is InChI=1S/C22H26N4O4/c1-26(2)13-17(27)14-29-19-6-4-16(5-7-19)25-21-12-22(24-15-23-21)30-20-10-8-18(28-3)9-11-20/h4-12,15,17,27H,13-14H2,1-3H3,(H,23,24,25). The van der Waals surface area contributed by atoms with Crippen LogP contribution in [0.5, 0.6) is 23.1 Å². The summed E-state index contributed by atoms with van der Waals surface area (Å²) < 4.78 is 16.5. The van der Waals surface area contributed by atoms with Crippen LogP contribution in [0.3, 0.4) is 0 Å². The number of nitrogens with one attached hydrogen (secondary N) is 1. The van der Waals surface area contributed by atoms with Gasteiger partial charge in [-0.1, -0.05) is 0 Å². The minimum absolute atomic E-state index is 0.239. The molecule has 0 aliphatic heterocycles. The first-order valence-corrected chi connectivity index (χ1v) is 9.48. The number of hydrogen-bond acceptors (Lipinski definition) is 8. The number of rotatable bonds is 10. The number of likely N-dealkylation sites (N-methyl/N-ethyl adjacent to an activating group) is 1. The van der Waals surface area contributed by atoms with Gasteiger partial charge in [0.25, 0.3) is 0 Å². The second-order valence-electron chi connectivity index (χ2n) is 6.90. The molecule has 8 nitrogen and oxygen atoms in total. The smallest absolute Gasteiger partial charge is 0.224 e. The third-order valence-electron chi connectivity index (χ3n) is 4.07. The van der Waals surface area contributed by atoms with Crippen molar-refractivity contribution in [1.82, 2.24) is 14.9 Å². The highest BCUT2D eigenvalue weighted by molar-refractivity contribution is 5.57. The summed E-state index contributed by atoms with van der Waals surface area (Å²) in [7, 11) is 5.43. The lowest BCUT2D eigenvalue weighted by Crippen LogP contribution is -2.30. The second kappa shape index (κ2) is 10.4. The van der Waals surface area contributed by atoms with Crippen LogP contribution in [0.4, 0.5) is 11.5 Å². The second-order valence-corrected chi connectivity index (χ2v) is 6.90. The van der Waals surface area contributed by atoms with E-state index in [1.54, 1.807) is 13.2 Å². The molecule has 8 heteroatoms. The van der Waals surface area contributed by atoms with Gasteiger partial charge in [-0.2, -0.15) is 0 Å². The largest absolute Gasteiger partial charge is 0.497 e. The number of aliphatic hydroxyl groups excluding tert-OH is 1. The number of nitrogens with zero attached hydrogens (tertiary/aromatic N) is 3. The van der Waals surface area contributed by atoms with Crippen molar-refractivity contribution >= 4 is 11.5 Å². The molecule has 1 aromatic heterocycles. The highest BCUT2D eigenvalue weighted by Gasteiger charge is 2.07. The maximum atomic E-state index is 9.88. The van der Waals surface area contributed by atoms with Crippen molar-refractivity contribution in [3.63, 3.8) is 0 Å². The van der Waals surface area contributed by atoms with Gasteiger partial charge in [0.15, 0.2) is 0 Å². The zero-order chi connectivity index (χ0) is 21.3. The average molecular weight is 410 g/mol. The lowest BCUT2D eigenvalue weighted by Gasteiger charge is -2.16. The summed E-state index contributed by atoms with van der Waals surface area (Å²) >= 11 is 0. The average Bonchev–Trinajstić information content (AvgIpc) is 2.74. The minimum atomic E-state index is -0.539. The SMILES string of the molecule is COc1ccc(Oc2cc(Nc3ccc(OCC(O)CN(C)C)cc3)ncn2)cc1. The van der Waals surface area contributed by atoms with Crippen LogP contribution < -0.4 is 19.5 Å². The molecule has 158 valence electrons. The summed E-state index contributed by atoms with van der Waals surface area (Å²) in [5.74, 6) is 3.12. The van der Waals surface area contributed by atoms with Gasteiger partial charge in [0.2, 0.25) is 5.88 Å². The van der Waals surface area contributed by atoms with Crippen LogP contribution in [0.1, 0.15) is 0 Å². The van der Waals surface area contributed by atoms with Gasteiger partial charge in [0.1, 0.15) is 42.1 Å². The number of aliphatic hydroxyl groups is 1. The molecule has 0 aliphatic rings. The van der Waals surface area contributed by atoms with E-state index in [-0.39, 0.29) is 6.61 Å². The Labute approximate surface area is 176 Å². The lowest BCUT2D eigenvalue weighted by molar-refractivity contribution is 0.0831. The molecule has 0 spiro atoms. The summed E-state index contributed by atoms with van der Waals surface area (Å²) in [6.07, 6.45) is 0.896. The summed E-state index contributed by atoms with van der Waals surface area (Å²) in [6.45, 7) is 0.789. The van der Waals surface area contributed by atoms with Crippen molar-refractivity contribution in [3.8, 4) is 23.1 Å². The van der Waals surface area contributed by atoms with Crippen LogP contribution in [0, 0.1) is 0 Å². The number of methoxy groups -OCH3 is 1. The Morgan fingerprint density at radius 3 is 2.30 bits per heavy atom. The van der Waals surface area contributed by atoms with Crippen molar-refractivity contribution in [3.05, 3.63) is 60.9 Å². The van der Waals surface area contributed by atoms with Crippen molar-refractivity contribution in [2.45, 2.75) is 6.10 Å². The minimum Gasteiger partial charge on any atom is -0.497 e. The van der Waals surface area contributed by atoms with Gasteiger partial charge in [0.05, 0.1) is 7.11 Å². The van der Waals surface area contributed by atoms with E-state index in [2.05, 4.69) is 15.3 Å². The molecular weight excluding hydrogens is 384 g/mol. The van der Waals surface area contributed by atoms with Gasteiger partial charge in [-0.3, -0.25) is 0 Å². The predicted molar refractivity (Wildman–Crippen MR) is 115 cm³/mol. The molecule has 0 aliphatic carbocycles. The van der Waals surface area contributed by atoms with E-state index in [9.17, 15) is 5.11 Å². The molecule has 1 heterocycles. The van der Waals surface area contributed by atoms with Gasteiger partial charge in [0, 0.05) is 18.3 Å². The van der Waals surface area contributed by atoms with Crippen molar-refractivity contribution in [1.29, 1.82) is 0 Å². The first kappa shape index (κ1) is 21.4. The van der Waals surface area contributed by atoms with Gasteiger partial charge in [-0.15, -0.1) is 0 Å². The molecule has 0 amide bonds. The number of ether oxygens (including phenoxy) is 3. The van der Waals surface area contributed by atoms with Crippen molar-refractivity contribution < 1.29 is 19.3 Å². The van der Waals surface area contributed by atoms with E-state index < -0.39 is 6.10 Å². The Kier molecular flexibility index (Phi) is 7.42. The van der Waals surface area contributed by atoms with Gasteiger partial charge in [-0.25, -0.2) is 9.97 Å². The molecule has 1 unspecified atom stereocenters. The predicted octanol–water partition coefficient (Wildman–Crippen LogP) is 3.32. The molecular formula is C22H26N4O4. The van der Waals surface area contributed by atoms with Crippen LogP contribution in [0.25, 0.3) is 0 Å². The van der Waals surface area contributed by atoms with E-state index in [1.165, 1.54) is 6.33 Å². The molecule has 30 heavy (non-hydrogen) atoms. The molecule has 0 fully saturated rings. The van der Waals surface area contributed by atoms with Crippen LogP contribution in [0.2, 0.25) is 0 Å². The molecule has 2 aromatic carbocycles. The highest BCUT2D eigenvalue weighted by atomic mass is 16.5. The quantitative estimate of drug-likeness (QED) is 0.526. The Morgan fingerprint density at radius 2 is 1.63 bits per heavy atom. The zero-order valence-electron chi connectivity index (χ0n) is 17.3. The Balaban J connectivity index is 1.56. The van der Waals surface area contributed by atoms with Crippen LogP contribution >= 0.6 is 0 Å². The van der Waals surface area contributed by atoms with E-state index in [4.69, 9.17) is 14.2 Å². The topological polar surface area (TPSA) is 89.0 Å². The maximum Gasteiger partial charge on any atom is 0.224 e. The van der Waals surface area contributed by atoms with Crippen LogP contribution in [0.15, 0.2) is 60.9 Å². The maximum absolute atomic E-state index is 9.88. The lowest BCUT2D eigenvalue weighted by atomic mass is 10.3. The molecule has 0 radical (unpaired) electrons. The van der Waals surface area contributed by atoms with Gasteiger partial charge >= 0.3 is 0 Å². The molecule has 0 saturated heterocycles. The summed E-state index contributed by atoms with van der Waals surface area (Å²) in [5, 5.41) is 13.1. The third-order valence-corrected chi connectivity index (χ3v) is 4.07. The van der Waals surface area contributed by atoms with Gasteiger partial charge < -0.3 is 29.5 Å². The summed E-state index contributed by atoms with van der Waals surface area (Å²) in [5.41, 5.74) is 0.838. The molecule has 0 bridgehead atoms. The van der Waals surface area contributed by atoms with Crippen molar-refractivity contribution in [2.24, 2.45) is 0 Å². The Hall–Kier alpha value is -3.36. The van der Waals surface area contributed by atoms with E-state index >= 15 is 0 Å². The van der Waals surface area contributed by atoms with Crippen LogP contribution in [-0.4, -0.2) is 60.4 Å². The molecule has 3 rings (SSSR count). The Morgan fingerprint density at radius 1 is 0.967 bits per heavy atom. The third kappa shape index (κ3) is 6.61. The summed E-state index contributed by atoms with van der Waals surface area (Å²) in [4.78, 5) is 10.3.